The summed E-state index contributed by atoms with van der Waals surface area (Å²) < 4.78 is 5.52. The van der Waals surface area contributed by atoms with Gasteiger partial charge in [-0.15, -0.1) is 0 Å². The normalized spacial score (nSPS) is 10.2. The number of hydrogen-bond acceptors (Lipinski definition) is 9. The molecule has 0 amide bonds. The van der Waals surface area contributed by atoms with E-state index < -0.39 is 15.5 Å². The van der Waals surface area contributed by atoms with Gasteiger partial charge >= 0.3 is 5.69 Å². The number of ether oxygens (including phenoxy) is 1. The number of para-hydroxylation sites is 2. The molecule has 2 N–H and O–H groups in total. The maximum atomic E-state index is 11.7. The van der Waals surface area contributed by atoms with Crippen LogP contribution in [-0.2, 0) is 0 Å². The van der Waals surface area contributed by atoms with Crippen molar-refractivity contribution in [3.05, 3.63) is 75.1 Å². The van der Waals surface area contributed by atoms with Crippen molar-refractivity contribution in [2.45, 2.75) is 6.92 Å². The average molecular weight is 396 g/mol. The Labute approximate surface area is 164 Å². The van der Waals surface area contributed by atoms with E-state index in [4.69, 9.17) is 4.74 Å². The largest absolute Gasteiger partial charge is 0.492 e. The van der Waals surface area contributed by atoms with Crippen LogP contribution in [0, 0.1) is 20.2 Å². The van der Waals surface area contributed by atoms with Gasteiger partial charge in [0.25, 0.3) is 5.69 Å². The molecule has 0 aliphatic carbocycles. The van der Waals surface area contributed by atoms with Crippen LogP contribution in [0.25, 0.3) is 0 Å². The Morgan fingerprint density at radius 3 is 2.38 bits per heavy atom. The fourth-order valence-corrected chi connectivity index (χ4v) is 2.55. The summed E-state index contributed by atoms with van der Waals surface area (Å²) in [6, 6.07) is 12.5. The number of nitrogens with one attached hydrogen (secondary N) is 2. The Morgan fingerprint density at radius 2 is 1.69 bits per heavy atom. The Kier molecular flexibility index (Phi) is 5.78. The molecule has 1 heterocycles. The number of nitrogens with zero attached hydrogens (tertiary/aromatic N) is 4. The van der Waals surface area contributed by atoms with E-state index in [1.807, 2.05) is 6.92 Å². The summed E-state index contributed by atoms with van der Waals surface area (Å²) in [5.41, 5.74) is 0.208. The summed E-state index contributed by atoms with van der Waals surface area (Å²) in [5, 5.41) is 28.3. The van der Waals surface area contributed by atoms with E-state index in [1.54, 1.807) is 24.3 Å². The van der Waals surface area contributed by atoms with Crippen LogP contribution in [0.3, 0.4) is 0 Å². The molecule has 2 aromatic carbocycles. The minimum atomic E-state index is -0.634. The highest BCUT2D eigenvalue weighted by Crippen LogP contribution is 2.35. The second kappa shape index (κ2) is 8.61. The summed E-state index contributed by atoms with van der Waals surface area (Å²) in [5.74, 6) is 0.350. The zero-order chi connectivity index (χ0) is 20.8. The predicted molar refractivity (Wildman–Crippen MR) is 106 cm³/mol. The number of hydrogen-bond donors (Lipinski definition) is 2. The number of non-ortho nitro benzene ring substituents is 1. The molecule has 0 spiro atoms. The fourth-order valence-electron chi connectivity index (χ4n) is 2.55. The molecule has 148 valence electrons. The van der Waals surface area contributed by atoms with Crippen molar-refractivity contribution in [2.75, 3.05) is 17.2 Å². The summed E-state index contributed by atoms with van der Waals surface area (Å²) >= 11 is 0. The molecule has 0 atom stereocenters. The molecule has 3 rings (SSSR count). The maximum Gasteiger partial charge on any atom is 0.353 e. The van der Waals surface area contributed by atoms with Crippen LogP contribution >= 0.6 is 0 Å². The second-order valence-electron chi connectivity index (χ2n) is 5.66. The molecule has 11 heteroatoms. The number of anilines is 4. The first-order chi connectivity index (χ1) is 14.0. The summed E-state index contributed by atoms with van der Waals surface area (Å²) in [6.07, 6.45) is 1.15. The van der Waals surface area contributed by atoms with Gasteiger partial charge < -0.3 is 15.4 Å². The third-order valence-electron chi connectivity index (χ3n) is 3.76. The Hall–Kier alpha value is -4.28. The zero-order valence-electron chi connectivity index (χ0n) is 15.2. The SMILES string of the molecule is CCOc1ccccc1Nc1ncnc(Nc2cccc([N+](=O)[O-])c2)c1[N+](=O)[O-]. The second-order valence-corrected chi connectivity index (χ2v) is 5.66. The van der Waals surface area contributed by atoms with Gasteiger partial charge in [-0.1, -0.05) is 18.2 Å². The van der Waals surface area contributed by atoms with E-state index in [-0.39, 0.29) is 23.0 Å². The Bertz CT molecular complexity index is 1060. The van der Waals surface area contributed by atoms with Gasteiger partial charge in [0, 0.05) is 17.8 Å². The van der Waals surface area contributed by atoms with E-state index in [0.717, 1.165) is 6.33 Å². The number of nitro benzene ring substituents is 1. The van der Waals surface area contributed by atoms with Gasteiger partial charge in [0.2, 0.25) is 11.6 Å². The zero-order valence-corrected chi connectivity index (χ0v) is 15.2. The first-order valence-electron chi connectivity index (χ1n) is 8.49. The number of rotatable bonds is 8. The molecule has 3 aromatic rings. The first kappa shape index (κ1) is 19.5. The smallest absolute Gasteiger partial charge is 0.353 e. The highest BCUT2D eigenvalue weighted by atomic mass is 16.6. The minimum Gasteiger partial charge on any atom is -0.492 e. The van der Waals surface area contributed by atoms with Crippen molar-refractivity contribution in [3.8, 4) is 5.75 Å². The monoisotopic (exact) mass is 396 g/mol. The van der Waals surface area contributed by atoms with Gasteiger partial charge in [-0.05, 0) is 25.1 Å². The van der Waals surface area contributed by atoms with Crippen LogP contribution in [0.5, 0.6) is 5.75 Å². The molecule has 29 heavy (non-hydrogen) atoms. The molecule has 0 radical (unpaired) electrons. The first-order valence-corrected chi connectivity index (χ1v) is 8.49. The fraction of sp³-hybridized carbons (Fsp3) is 0.111. The Balaban J connectivity index is 1.98. The lowest BCUT2D eigenvalue weighted by molar-refractivity contribution is -0.384. The number of benzene rings is 2. The summed E-state index contributed by atoms with van der Waals surface area (Å²) in [4.78, 5) is 29.4. The van der Waals surface area contributed by atoms with Crippen LogP contribution in [0.2, 0.25) is 0 Å². The van der Waals surface area contributed by atoms with Gasteiger partial charge in [-0.2, -0.15) is 0 Å². The van der Waals surface area contributed by atoms with Crippen LogP contribution in [-0.4, -0.2) is 26.4 Å². The van der Waals surface area contributed by atoms with Gasteiger partial charge in [0.1, 0.15) is 12.1 Å². The van der Waals surface area contributed by atoms with Crippen LogP contribution in [0.1, 0.15) is 6.92 Å². The van der Waals surface area contributed by atoms with Crippen molar-refractivity contribution < 1.29 is 14.6 Å². The average Bonchev–Trinajstić information content (AvgIpc) is 2.70. The van der Waals surface area contributed by atoms with Gasteiger partial charge in [0.15, 0.2) is 0 Å². The molecule has 0 saturated heterocycles. The quantitative estimate of drug-likeness (QED) is 0.423. The van der Waals surface area contributed by atoms with Crippen LogP contribution < -0.4 is 15.4 Å². The highest BCUT2D eigenvalue weighted by molar-refractivity contribution is 5.78. The molecular formula is C18H16N6O5. The van der Waals surface area contributed by atoms with Crippen molar-refractivity contribution in [1.29, 1.82) is 0 Å². The standard InChI is InChI=1S/C18H16N6O5/c1-2-29-15-9-4-3-8-14(15)22-18-16(24(27)28)17(19-11-20-18)21-12-6-5-7-13(10-12)23(25)26/h3-11H,2H2,1H3,(H2,19,20,21,22). The lowest BCUT2D eigenvalue weighted by Gasteiger charge is -2.13. The molecule has 0 aliphatic heterocycles. The van der Waals surface area contributed by atoms with Crippen molar-refractivity contribution in [3.63, 3.8) is 0 Å². The van der Waals surface area contributed by atoms with Crippen molar-refractivity contribution >= 4 is 34.4 Å². The van der Waals surface area contributed by atoms with Gasteiger partial charge in [0.05, 0.1) is 22.1 Å². The molecule has 0 unspecified atom stereocenters. The molecule has 0 fully saturated rings. The predicted octanol–water partition coefficient (Wildman–Crippen LogP) is 4.18. The lowest BCUT2D eigenvalue weighted by atomic mass is 10.2. The minimum absolute atomic E-state index is 0.0508. The highest BCUT2D eigenvalue weighted by Gasteiger charge is 2.24. The van der Waals surface area contributed by atoms with E-state index in [1.165, 1.54) is 24.3 Å². The van der Waals surface area contributed by atoms with Crippen molar-refractivity contribution in [1.82, 2.24) is 9.97 Å². The summed E-state index contributed by atoms with van der Waals surface area (Å²) in [7, 11) is 0. The van der Waals surface area contributed by atoms with E-state index in [2.05, 4.69) is 20.6 Å². The van der Waals surface area contributed by atoms with E-state index in [0.29, 0.717) is 18.0 Å². The Morgan fingerprint density at radius 1 is 0.966 bits per heavy atom. The van der Waals surface area contributed by atoms with Crippen LogP contribution in [0.4, 0.5) is 34.4 Å². The molecular weight excluding hydrogens is 380 g/mol. The van der Waals surface area contributed by atoms with E-state index >= 15 is 0 Å². The van der Waals surface area contributed by atoms with Crippen LogP contribution in [0.15, 0.2) is 54.9 Å². The summed E-state index contributed by atoms with van der Waals surface area (Å²) in [6.45, 7) is 2.25. The molecule has 1 aromatic heterocycles. The maximum absolute atomic E-state index is 11.7. The third kappa shape index (κ3) is 4.53. The topological polar surface area (TPSA) is 145 Å². The molecule has 0 saturated carbocycles. The number of nitro groups is 2. The van der Waals surface area contributed by atoms with Gasteiger partial charge in [-0.25, -0.2) is 9.97 Å². The van der Waals surface area contributed by atoms with Gasteiger partial charge in [-0.3, -0.25) is 20.2 Å². The molecule has 11 nitrogen and oxygen atoms in total. The third-order valence-corrected chi connectivity index (χ3v) is 3.76. The van der Waals surface area contributed by atoms with Crippen molar-refractivity contribution in [2.24, 2.45) is 0 Å². The number of aromatic nitrogens is 2. The molecule has 0 bridgehead atoms. The van der Waals surface area contributed by atoms with E-state index in [9.17, 15) is 20.2 Å². The molecule has 0 aliphatic rings. The lowest BCUT2D eigenvalue weighted by Crippen LogP contribution is -2.06.